The Hall–Kier alpha value is -1.15. The molecule has 2 heterocycles. The van der Waals surface area contributed by atoms with Crippen LogP contribution in [-0.2, 0) is 10.0 Å². The Morgan fingerprint density at radius 2 is 1.81 bits per heavy atom. The number of likely N-dealkylation sites (tertiary alicyclic amines) is 1. The Balaban J connectivity index is 2.24. The van der Waals surface area contributed by atoms with Crippen molar-refractivity contribution in [3.63, 3.8) is 0 Å². The Morgan fingerprint density at radius 3 is 2.33 bits per heavy atom. The van der Waals surface area contributed by atoms with Gasteiger partial charge in [0.1, 0.15) is 4.88 Å². The van der Waals surface area contributed by atoms with Crippen molar-refractivity contribution in [2.75, 3.05) is 30.7 Å². The molecule has 0 saturated carbocycles. The predicted octanol–water partition coefficient (Wildman–Crippen LogP) is 1.86. The molecule has 6 nitrogen and oxygen atoms in total. The second-order valence-corrected chi connectivity index (χ2v) is 8.34. The Morgan fingerprint density at radius 1 is 1.24 bits per heavy atom. The van der Waals surface area contributed by atoms with Gasteiger partial charge in [0.05, 0.1) is 11.9 Å². The van der Waals surface area contributed by atoms with Gasteiger partial charge in [0.25, 0.3) is 5.91 Å². The molecule has 2 rings (SSSR count). The molecule has 1 aliphatic heterocycles. The molecule has 21 heavy (non-hydrogen) atoms. The molecule has 0 aliphatic carbocycles. The Kier molecular flexibility index (Phi) is 4.88. The number of hydrogen-bond donors (Lipinski definition) is 0. The second-order valence-electron chi connectivity index (χ2n) is 5.35. The smallest absolute Gasteiger partial charge is 0.265 e. The quantitative estimate of drug-likeness (QED) is 0.848. The first-order valence-electron chi connectivity index (χ1n) is 7.01. The van der Waals surface area contributed by atoms with Crippen molar-refractivity contribution in [3.05, 3.63) is 10.6 Å². The topological polar surface area (TPSA) is 70.6 Å². The van der Waals surface area contributed by atoms with Crippen molar-refractivity contribution in [1.82, 2.24) is 9.88 Å². The molecule has 0 spiro atoms. The van der Waals surface area contributed by atoms with Crippen molar-refractivity contribution < 1.29 is 13.2 Å². The summed E-state index contributed by atoms with van der Waals surface area (Å²) in [7, 11) is -1.91. The molecule has 1 amide bonds. The van der Waals surface area contributed by atoms with Crippen LogP contribution in [0.3, 0.4) is 0 Å². The van der Waals surface area contributed by atoms with Crippen molar-refractivity contribution in [2.45, 2.75) is 32.6 Å². The zero-order valence-corrected chi connectivity index (χ0v) is 14.3. The molecule has 0 N–H and O–H groups in total. The summed E-state index contributed by atoms with van der Waals surface area (Å²) in [4.78, 5) is 19.2. The van der Waals surface area contributed by atoms with E-state index in [0.717, 1.165) is 60.7 Å². The van der Waals surface area contributed by atoms with Crippen LogP contribution in [0.25, 0.3) is 0 Å². The van der Waals surface area contributed by atoms with Gasteiger partial charge >= 0.3 is 0 Å². The molecule has 1 aromatic rings. The largest absolute Gasteiger partial charge is 0.338 e. The zero-order chi connectivity index (χ0) is 15.6. The highest BCUT2D eigenvalue weighted by atomic mass is 32.2. The van der Waals surface area contributed by atoms with E-state index in [2.05, 4.69) is 4.98 Å². The monoisotopic (exact) mass is 331 g/mol. The van der Waals surface area contributed by atoms with E-state index in [4.69, 9.17) is 0 Å². The molecule has 1 fully saturated rings. The summed E-state index contributed by atoms with van der Waals surface area (Å²) in [6.07, 6.45) is 5.50. The minimum absolute atomic E-state index is 0.0277. The van der Waals surface area contributed by atoms with Gasteiger partial charge in [-0.15, -0.1) is 0 Å². The van der Waals surface area contributed by atoms with Gasteiger partial charge in [0, 0.05) is 20.1 Å². The van der Waals surface area contributed by atoms with Crippen LogP contribution in [0.1, 0.15) is 41.0 Å². The lowest BCUT2D eigenvalue weighted by molar-refractivity contribution is 0.0765. The van der Waals surface area contributed by atoms with E-state index in [0.29, 0.717) is 15.7 Å². The van der Waals surface area contributed by atoms with E-state index in [1.807, 2.05) is 4.90 Å². The number of hydrogen-bond acceptors (Lipinski definition) is 5. The van der Waals surface area contributed by atoms with Crippen LogP contribution in [0.4, 0.5) is 5.13 Å². The molecule has 0 bridgehead atoms. The van der Waals surface area contributed by atoms with Crippen LogP contribution in [0, 0.1) is 6.92 Å². The third-order valence-electron chi connectivity index (χ3n) is 3.64. The second kappa shape index (κ2) is 6.31. The highest BCUT2D eigenvalue weighted by Crippen LogP contribution is 2.28. The fourth-order valence-electron chi connectivity index (χ4n) is 2.27. The van der Waals surface area contributed by atoms with Gasteiger partial charge in [0.2, 0.25) is 10.0 Å². The van der Waals surface area contributed by atoms with Crippen LogP contribution in [0.2, 0.25) is 0 Å². The van der Waals surface area contributed by atoms with Crippen molar-refractivity contribution in [1.29, 1.82) is 0 Å². The van der Waals surface area contributed by atoms with E-state index < -0.39 is 10.0 Å². The van der Waals surface area contributed by atoms with Crippen LogP contribution in [0.15, 0.2) is 0 Å². The maximum Gasteiger partial charge on any atom is 0.265 e. The first-order valence-corrected chi connectivity index (χ1v) is 9.68. The maximum absolute atomic E-state index is 12.6. The van der Waals surface area contributed by atoms with Gasteiger partial charge < -0.3 is 4.90 Å². The summed E-state index contributed by atoms with van der Waals surface area (Å²) in [5, 5.41) is 0.341. The highest BCUT2D eigenvalue weighted by molar-refractivity contribution is 7.92. The first-order chi connectivity index (χ1) is 9.80. The first kappa shape index (κ1) is 16.2. The van der Waals surface area contributed by atoms with Gasteiger partial charge in [-0.2, -0.15) is 0 Å². The molecule has 0 radical (unpaired) electrons. The highest BCUT2D eigenvalue weighted by Gasteiger charge is 2.25. The summed E-state index contributed by atoms with van der Waals surface area (Å²) in [6.45, 7) is 3.29. The van der Waals surface area contributed by atoms with Gasteiger partial charge in [0.15, 0.2) is 5.13 Å². The van der Waals surface area contributed by atoms with Crippen LogP contribution >= 0.6 is 11.3 Å². The lowest BCUT2D eigenvalue weighted by Crippen LogP contribution is -2.31. The molecule has 1 aliphatic rings. The van der Waals surface area contributed by atoms with Gasteiger partial charge in [-0.1, -0.05) is 24.2 Å². The average Bonchev–Trinajstić information content (AvgIpc) is 2.64. The number of amides is 1. The SMILES string of the molecule is Cc1nc(N(C)S(C)(=O)=O)sc1C(=O)N1CCCCCC1. The summed E-state index contributed by atoms with van der Waals surface area (Å²) >= 11 is 1.15. The molecule has 0 atom stereocenters. The molecule has 1 aromatic heterocycles. The summed E-state index contributed by atoms with van der Waals surface area (Å²) in [5.41, 5.74) is 0.597. The standard InChI is InChI=1S/C13H21N3O3S2/c1-10-11(12(17)16-8-6-4-5-7-9-16)20-13(14-10)15(2)21(3,18)19/h4-9H2,1-3H3. The van der Waals surface area contributed by atoms with E-state index in [-0.39, 0.29) is 5.91 Å². The zero-order valence-electron chi connectivity index (χ0n) is 12.6. The fraction of sp³-hybridized carbons (Fsp3) is 0.692. The number of aryl methyl sites for hydroxylation is 1. The van der Waals surface area contributed by atoms with E-state index in [9.17, 15) is 13.2 Å². The van der Waals surface area contributed by atoms with Gasteiger partial charge in [-0.25, -0.2) is 17.7 Å². The third-order valence-corrected chi connectivity index (χ3v) is 6.14. The minimum Gasteiger partial charge on any atom is -0.338 e. The van der Waals surface area contributed by atoms with Gasteiger partial charge in [-0.3, -0.25) is 4.79 Å². The molecule has 118 valence electrons. The van der Waals surface area contributed by atoms with Crippen molar-refractivity contribution in [2.24, 2.45) is 0 Å². The minimum atomic E-state index is -3.36. The average molecular weight is 331 g/mol. The van der Waals surface area contributed by atoms with Gasteiger partial charge in [-0.05, 0) is 19.8 Å². The number of anilines is 1. The number of sulfonamides is 1. The number of thiazole rings is 1. The fourth-order valence-corrected chi connectivity index (χ4v) is 4.02. The third kappa shape index (κ3) is 3.74. The number of rotatable bonds is 3. The number of aromatic nitrogens is 1. The molecule has 1 saturated heterocycles. The van der Waals surface area contributed by atoms with Crippen molar-refractivity contribution in [3.8, 4) is 0 Å². The summed E-state index contributed by atoms with van der Waals surface area (Å²) in [6, 6.07) is 0. The molecule has 8 heteroatoms. The predicted molar refractivity (Wildman–Crippen MR) is 84.5 cm³/mol. The normalized spacial score (nSPS) is 16.6. The molecule has 0 aromatic carbocycles. The Labute approximate surface area is 129 Å². The molecular formula is C13H21N3O3S2. The molecular weight excluding hydrogens is 310 g/mol. The lowest BCUT2D eigenvalue weighted by atomic mass is 10.2. The lowest BCUT2D eigenvalue weighted by Gasteiger charge is -2.19. The van der Waals surface area contributed by atoms with Crippen LogP contribution in [0.5, 0.6) is 0 Å². The van der Waals surface area contributed by atoms with Crippen LogP contribution < -0.4 is 4.31 Å². The molecule has 0 unspecified atom stereocenters. The summed E-state index contributed by atoms with van der Waals surface area (Å²) in [5.74, 6) is -0.0277. The number of carbonyl (C=O) groups excluding carboxylic acids is 1. The van der Waals surface area contributed by atoms with E-state index in [1.165, 1.54) is 7.05 Å². The Bertz CT molecular complexity index is 617. The van der Waals surface area contributed by atoms with E-state index in [1.54, 1.807) is 6.92 Å². The summed E-state index contributed by atoms with van der Waals surface area (Å²) < 4.78 is 24.2. The number of carbonyl (C=O) groups is 1. The van der Waals surface area contributed by atoms with Crippen molar-refractivity contribution >= 4 is 32.4 Å². The maximum atomic E-state index is 12.6. The number of nitrogens with zero attached hydrogens (tertiary/aromatic N) is 3. The van der Waals surface area contributed by atoms with Crippen LogP contribution in [-0.4, -0.2) is 50.6 Å². The van der Waals surface area contributed by atoms with E-state index >= 15 is 0 Å².